The van der Waals surface area contributed by atoms with Crippen LogP contribution in [0.1, 0.15) is 12.5 Å². The number of alkyl halides is 1. The SMILES string of the molecule is CC(Cl)CN(C)Cc1cc(Cl)ccc1Cl. The summed E-state index contributed by atoms with van der Waals surface area (Å²) in [6.07, 6.45) is 0. The molecule has 0 aliphatic rings. The monoisotopic (exact) mass is 265 g/mol. The van der Waals surface area contributed by atoms with Gasteiger partial charge in [-0.2, -0.15) is 0 Å². The first-order valence-corrected chi connectivity index (χ1v) is 5.95. The van der Waals surface area contributed by atoms with Gasteiger partial charge in [0.1, 0.15) is 0 Å². The highest BCUT2D eigenvalue weighted by Crippen LogP contribution is 2.21. The number of nitrogens with zero attached hydrogens (tertiary/aromatic N) is 1. The second kappa shape index (κ2) is 5.95. The Kier molecular flexibility index (Phi) is 5.20. The normalized spacial score (nSPS) is 13.2. The van der Waals surface area contributed by atoms with Gasteiger partial charge in [-0.15, -0.1) is 11.6 Å². The van der Waals surface area contributed by atoms with Crippen molar-refractivity contribution in [3.8, 4) is 0 Å². The Balaban J connectivity index is 2.67. The van der Waals surface area contributed by atoms with Crippen molar-refractivity contribution in [3.63, 3.8) is 0 Å². The van der Waals surface area contributed by atoms with Crippen molar-refractivity contribution in [1.82, 2.24) is 4.90 Å². The van der Waals surface area contributed by atoms with Crippen LogP contribution in [0.5, 0.6) is 0 Å². The van der Waals surface area contributed by atoms with Gasteiger partial charge in [-0.05, 0) is 37.7 Å². The Morgan fingerprint density at radius 2 is 2.00 bits per heavy atom. The molecule has 0 aromatic heterocycles. The van der Waals surface area contributed by atoms with Crippen LogP contribution in [0, 0.1) is 0 Å². The summed E-state index contributed by atoms with van der Waals surface area (Å²) in [6.45, 7) is 3.55. The van der Waals surface area contributed by atoms with Crippen LogP contribution in [0.3, 0.4) is 0 Å². The summed E-state index contributed by atoms with van der Waals surface area (Å²) in [6, 6.07) is 5.49. The lowest BCUT2D eigenvalue weighted by atomic mass is 10.2. The predicted molar refractivity (Wildman–Crippen MR) is 68.1 cm³/mol. The van der Waals surface area contributed by atoms with Crippen LogP contribution in [-0.2, 0) is 6.54 Å². The van der Waals surface area contributed by atoms with Crippen LogP contribution in [0.15, 0.2) is 18.2 Å². The van der Waals surface area contributed by atoms with Crippen LogP contribution in [0.2, 0.25) is 10.0 Å². The van der Waals surface area contributed by atoms with E-state index in [1.807, 2.05) is 26.1 Å². The number of hydrogen-bond donors (Lipinski definition) is 0. The molecule has 0 fully saturated rings. The zero-order valence-electron chi connectivity index (χ0n) is 8.80. The van der Waals surface area contributed by atoms with Gasteiger partial charge in [-0.1, -0.05) is 23.2 Å². The third-order valence-corrected chi connectivity index (χ3v) is 2.75. The Labute approximate surface area is 106 Å². The van der Waals surface area contributed by atoms with Crippen molar-refractivity contribution in [1.29, 1.82) is 0 Å². The minimum atomic E-state index is 0.132. The molecule has 0 bridgehead atoms. The molecular formula is C11H14Cl3N. The average Bonchev–Trinajstić information content (AvgIpc) is 2.10. The molecule has 1 unspecified atom stereocenters. The van der Waals surface area contributed by atoms with Crippen molar-refractivity contribution in [2.75, 3.05) is 13.6 Å². The molecule has 1 atom stereocenters. The molecule has 0 saturated heterocycles. The fraction of sp³-hybridized carbons (Fsp3) is 0.455. The Morgan fingerprint density at radius 1 is 1.33 bits per heavy atom. The largest absolute Gasteiger partial charge is 0.301 e. The Hall–Kier alpha value is 0.0500. The van der Waals surface area contributed by atoms with Crippen LogP contribution in [0.4, 0.5) is 0 Å². The maximum absolute atomic E-state index is 6.06. The predicted octanol–water partition coefficient (Wildman–Crippen LogP) is 4.05. The summed E-state index contributed by atoms with van der Waals surface area (Å²) in [5.74, 6) is 0. The third-order valence-electron chi connectivity index (χ3n) is 2.01. The van der Waals surface area contributed by atoms with Crippen molar-refractivity contribution in [2.24, 2.45) is 0 Å². The first kappa shape index (κ1) is 13.1. The standard InChI is InChI=1S/C11H14Cl3N/c1-8(12)6-15(2)7-9-5-10(13)3-4-11(9)14/h3-5,8H,6-7H2,1-2H3. The molecule has 1 nitrogen and oxygen atoms in total. The molecule has 84 valence electrons. The van der Waals surface area contributed by atoms with E-state index in [0.29, 0.717) is 5.02 Å². The molecule has 0 aliphatic carbocycles. The Bertz CT molecular complexity index is 326. The minimum Gasteiger partial charge on any atom is -0.301 e. The van der Waals surface area contributed by atoms with Gasteiger partial charge in [0.25, 0.3) is 0 Å². The number of halogens is 3. The maximum Gasteiger partial charge on any atom is 0.0452 e. The average molecular weight is 267 g/mol. The molecule has 15 heavy (non-hydrogen) atoms. The molecule has 0 spiro atoms. The minimum absolute atomic E-state index is 0.132. The Morgan fingerprint density at radius 3 is 2.60 bits per heavy atom. The van der Waals surface area contributed by atoms with E-state index in [4.69, 9.17) is 34.8 Å². The zero-order chi connectivity index (χ0) is 11.4. The number of hydrogen-bond acceptors (Lipinski definition) is 1. The fourth-order valence-corrected chi connectivity index (χ4v) is 2.06. The van der Waals surface area contributed by atoms with E-state index in [1.54, 1.807) is 6.07 Å². The molecule has 0 N–H and O–H groups in total. The fourth-order valence-electron chi connectivity index (χ4n) is 1.45. The van der Waals surface area contributed by atoms with Crippen LogP contribution < -0.4 is 0 Å². The third kappa shape index (κ3) is 4.60. The second-order valence-corrected chi connectivity index (χ2v) is 5.30. The van der Waals surface area contributed by atoms with Crippen molar-refractivity contribution < 1.29 is 0 Å². The number of rotatable bonds is 4. The van der Waals surface area contributed by atoms with E-state index in [1.165, 1.54) is 0 Å². The molecule has 1 rings (SSSR count). The van der Waals surface area contributed by atoms with Gasteiger partial charge in [0.05, 0.1) is 0 Å². The van der Waals surface area contributed by atoms with Gasteiger partial charge < -0.3 is 4.90 Å². The number of benzene rings is 1. The summed E-state index contributed by atoms with van der Waals surface area (Å²) in [5.41, 5.74) is 1.03. The van der Waals surface area contributed by atoms with Gasteiger partial charge >= 0.3 is 0 Å². The van der Waals surface area contributed by atoms with Gasteiger partial charge in [-0.25, -0.2) is 0 Å². The van der Waals surface area contributed by atoms with Gasteiger partial charge in [0.2, 0.25) is 0 Å². The smallest absolute Gasteiger partial charge is 0.0452 e. The molecule has 0 amide bonds. The van der Waals surface area contributed by atoms with E-state index < -0.39 is 0 Å². The summed E-state index contributed by atoms with van der Waals surface area (Å²) in [4.78, 5) is 2.12. The highest BCUT2D eigenvalue weighted by molar-refractivity contribution is 6.33. The molecular weight excluding hydrogens is 252 g/mol. The van der Waals surface area contributed by atoms with Gasteiger partial charge in [-0.3, -0.25) is 0 Å². The summed E-state index contributed by atoms with van der Waals surface area (Å²) in [7, 11) is 2.01. The van der Waals surface area contributed by atoms with E-state index in [0.717, 1.165) is 23.7 Å². The molecule has 4 heteroatoms. The van der Waals surface area contributed by atoms with Crippen molar-refractivity contribution in [3.05, 3.63) is 33.8 Å². The maximum atomic E-state index is 6.06. The van der Waals surface area contributed by atoms with Crippen molar-refractivity contribution in [2.45, 2.75) is 18.8 Å². The highest BCUT2D eigenvalue weighted by atomic mass is 35.5. The lowest BCUT2D eigenvalue weighted by molar-refractivity contribution is 0.330. The van der Waals surface area contributed by atoms with Crippen LogP contribution in [-0.4, -0.2) is 23.9 Å². The van der Waals surface area contributed by atoms with Gasteiger partial charge in [0.15, 0.2) is 0 Å². The van der Waals surface area contributed by atoms with E-state index in [9.17, 15) is 0 Å². The second-order valence-electron chi connectivity index (χ2n) is 3.71. The summed E-state index contributed by atoms with van der Waals surface area (Å²) in [5, 5.41) is 1.59. The molecule has 0 saturated carbocycles. The lowest BCUT2D eigenvalue weighted by Crippen LogP contribution is -2.24. The quantitative estimate of drug-likeness (QED) is 0.743. The molecule has 1 aromatic rings. The van der Waals surface area contributed by atoms with Crippen LogP contribution in [0.25, 0.3) is 0 Å². The molecule has 0 aliphatic heterocycles. The van der Waals surface area contributed by atoms with E-state index in [-0.39, 0.29) is 5.38 Å². The molecule has 0 heterocycles. The lowest BCUT2D eigenvalue weighted by Gasteiger charge is -2.18. The van der Waals surface area contributed by atoms with E-state index >= 15 is 0 Å². The van der Waals surface area contributed by atoms with Crippen molar-refractivity contribution >= 4 is 34.8 Å². The zero-order valence-corrected chi connectivity index (χ0v) is 11.1. The summed E-state index contributed by atoms with van der Waals surface area (Å²) < 4.78 is 0. The highest BCUT2D eigenvalue weighted by Gasteiger charge is 2.07. The van der Waals surface area contributed by atoms with Crippen LogP contribution >= 0.6 is 34.8 Å². The molecule has 1 aromatic carbocycles. The summed E-state index contributed by atoms with van der Waals surface area (Å²) >= 11 is 17.9. The first-order valence-electron chi connectivity index (χ1n) is 4.75. The van der Waals surface area contributed by atoms with Gasteiger partial charge in [0, 0.05) is 28.5 Å². The van der Waals surface area contributed by atoms with E-state index in [2.05, 4.69) is 4.90 Å². The molecule has 0 radical (unpaired) electrons. The topological polar surface area (TPSA) is 3.24 Å². The first-order chi connectivity index (χ1) is 6.99.